The maximum absolute atomic E-state index is 4.45. The quantitative estimate of drug-likeness (QED) is 0.751. The molecule has 0 unspecified atom stereocenters. The fraction of sp³-hybridized carbons (Fsp3) is 0.533. The van der Waals surface area contributed by atoms with Crippen LogP contribution in [0, 0.1) is 0 Å². The van der Waals surface area contributed by atoms with Crippen LogP contribution in [0.4, 0.5) is 5.82 Å². The molecule has 0 atom stereocenters. The van der Waals surface area contributed by atoms with Gasteiger partial charge in [-0.05, 0) is 31.5 Å². The number of hydrogen-bond donors (Lipinski definition) is 1. The highest BCUT2D eigenvalue weighted by molar-refractivity contribution is 5.42. The monoisotopic (exact) mass is 247 g/mol. The maximum atomic E-state index is 4.45. The summed E-state index contributed by atoms with van der Waals surface area (Å²) in [6.07, 6.45) is 1.88. The minimum Gasteiger partial charge on any atom is -0.353 e. The molecule has 0 saturated carbocycles. The van der Waals surface area contributed by atoms with Crippen LogP contribution in [0.2, 0.25) is 0 Å². The van der Waals surface area contributed by atoms with Gasteiger partial charge >= 0.3 is 0 Å². The Morgan fingerprint density at radius 2 is 2.22 bits per heavy atom. The van der Waals surface area contributed by atoms with Gasteiger partial charge in [-0.3, -0.25) is 0 Å². The van der Waals surface area contributed by atoms with E-state index >= 15 is 0 Å². The highest BCUT2D eigenvalue weighted by Gasteiger charge is 2.06. The first kappa shape index (κ1) is 14.7. The second kappa shape index (κ2) is 7.17. The molecule has 0 aliphatic rings. The largest absolute Gasteiger partial charge is 0.353 e. The van der Waals surface area contributed by atoms with Crippen LogP contribution in [0.1, 0.15) is 33.3 Å². The second-order valence-corrected chi connectivity index (χ2v) is 5.03. The number of pyridine rings is 1. The molecule has 0 bridgehead atoms. The number of hydrogen-bond acceptors (Lipinski definition) is 3. The minimum absolute atomic E-state index is 0.499. The molecule has 3 nitrogen and oxygen atoms in total. The van der Waals surface area contributed by atoms with Crippen molar-refractivity contribution in [3.63, 3.8) is 0 Å². The molecule has 1 heterocycles. The molecule has 0 radical (unpaired) electrons. The zero-order valence-electron chi connectivity index (χ0n) is 12.0. The van der Waals surface area contributed by atoms with Crippen LogP contribution in [0.3, 0.4) is 0 Å². The van der Waals surface area contributed by atoms with Gasteiger partial charge in [0.2, 0.25) is 0 Å². The van der Waals surface area contributed by atoms with Crippen LogP contribution in [-0.4, -0.2) is 24.1 Å². The van der Waals surface area contributed by atoms with E-state index in [0.717, 1.165) is 31.0 Å². The number of nitrogens with zero attached hydrogens (tertiary/aromatic N) is 2. The fourth-order valence-corrected chi connectivity index (χ4v) is 1.75. The summed E-state index contributed by atoms with van der Waals surface area (Å²) >= 11 is 0. The van der Waals surface area contributed by atoms with Gasteiger partial charge in [-0.1, -0.05) is 26.0 Å². The Bertz CT molecular complexity index is 385. The predicted octanol–water partition coefficient (Wildman–Crippen LogP) is 2.98. The van der Waals surface area contributed by atoms with E-state index in [-0.39, 0.29) is 0 Å². The Balaban J connectivity index is 2.75. The molecule has 0 aromatic carbocycles. The summed E-state index contributed by atoms with van der Waals surface area (Å²) in [6.45, 7) is 15.2. The van der Waals surface area contributed by atoms with Gasteiger partial charge in [0.25, 0.3) is 0 Å². The molecule has 0 saturated heterocycles. The van der Waals surface area contributed by atoms with Gasteiger partial charge in [0.1, 0.15) is 5.82 Å². The van der Waals surface area contributed by atoms with Crippen molar-refractivity contribution in [2.75, 3.05) is 18.0 Å². The molecule has 1 aromatic rings. The predicted molar refractivity (Wildman–Crippen MR) is 78.9 cm³/mol. The molecule has 3 heteroatoms. The SMILES string of the molecule is C=C(C)CN(CC)c1cc(CNC(C)C)ccn1. The summed E-state index contributed by atoms with van der Waals surface area (Å²) in [6, 6.07) is 4.72. The van der Waals surface area contributed by atoms with Crippen molar-refractivity contribution in [3.8, 4) is 0 Å². The van der Waals surface area contributed by atoms with Crippen LogP contribution >= 0.6 is 0 Å². The molecule has 0 fully saturated rings. The van der Waals surface area contributed by atoms with Gasteiger partial charge in [-0.2, -0.15) is 0 Å². The Hall–Kier alpha value is -1.35. The van der Waals surface area contributed by atoms with E-state index in [0.29, 0.717) is 6.04 Å². The molecular formula is C15H25N3. The minimum atomic E-state index is 0.499. The van der Waals surface area contributed by atoms with Crippen molar-refractivity contribution in [2.24, 2.45) is 0 Å². The Morgan fingerprint density at radius 3 is 2.78 bits per heavy atom. The lowest BCUT2D eigenvalue weighted by molar-refractivity contribution is 0.588. The van der Waals surface area contributed by atoms with Gasteiger partial charge in [0.15, 0.2) is 0 Å². The van der Waals surface area contributed by atoms with Gasteiger partial charge < -0.3 is 10.2 Å². The topological polar surface area (TPSA) is 28.2 Å². The summed E-state index contributed by atoms with van der Waals surface area (Å²) in [4.78, 5) is 6.69. The first-order valence-corrected chi connectivity index (χ1v) is 6.60. The van der Waals surface area contributed by atoms with E-state index in [9.17, 15) is 0 Å². The maximum Gasteiger partial charge on any atom is 0.129 e. The van der Waals surface area contributed by atoms with Crippen molar-refractivity contribution in [3.05, 3.63) is 36.0 Å². The highest BCUT2D eigenvalue weighted by Crippen LogP contribution is 2.13. The third kappa shape index (κ3) is 4.88. The van der Waals surface area contributed by atoms with Crippen LogP contribution in [0.5, 0.6) is 0 Å². The van der Waals surface area contributed by atoms with Crippen LogP contribution in [0.25, 0.3) is 0 Å². The molecule has 0 amide bonds. The average molecular weight is 247 g/mol. The van der Waals surface area contributed by atoms with Crippen molar-refractivity contribution in [1.82, 2.24) is 10.3 Å². The lowest BCUT2D eigenvalue weighted by atomic mass is 10.2. The lowest BCUT2D eigenvalue weighted by Crippen LogP contribution is -2.26. The summed E-state index contributed by atoms with van der Waals surface area (Å²) in [7, 11) is 0. The fourth-order valence-electron chi connectivity index (χ4n) is 1.75. The number of likely N-dealkylation sites (N-methyl/N-ethyl adjacent to an activating group) is 1. The molecule has 0 aliphatic carbocycles. The molecule has 1 aromatic heterocycles. The van der Waals surface area contributed by atoms with Crippen LogP contribution < -0.4 is 10.2 Å². The summed E-state index contributed by atoms with van der Waals surface area (Å²) in [5, 5.41) is 3.42. The van der Waals surface area contributed by atoms with Crippen molar-refractivity contribution < 1.29 is 0 Å². The third-order valence-corrected chi connectivity index (χ3v) is 2.69. The average Bonchev–Trinajstić information content (AvgIpc) is 2.33. The van der Waals surface area contributed by atoms with E-state index in [4.69, 9.17) is 0 Å². The Kier molecular flexibility index (Phi) is 5.86. The molecule has 1 rings (SSSR count). The van der Waals surface area contributed by atoms with E-state index in [2.05, 4.69) is 54.7 Å². The Morgan fingerprint density at radius 1 is 1.50 bits per heavy atom. The van der Waals surface area contributed by atoms with Gasteiger partial charge in [-0.25, -0.2) is 4.98 Å². The van der Waals surface area contributed by atoms with Crippen molar-refractivity contribution >= 4 is 5.82 Å². The summed E-state index contributed by atoms with van der Waals surface area (Å²) < 4.78 is 0. The van der Waals surface area contributed by atoms with E-state index < -0.39 is 0 Å². The first-order valence-electron chi connectivity index (χ1n) is 6.60. The zero-order valence-corrected chi connectivity index (χ0v) is 12.0. The molecule has 0 aliphatic heterocycles. The molecule has 1 N–H and O–H groups in total. The second-order valence-electron chi connectivity index (χ2n) is 5.03. The zero-order chi connectivity index (χ0) is 13.5. The van der Waals surface area contributed by atoms with Gasteiger partial charge in [0.05, 0.1) is 0 Å². The van der Waals surface area contributed by atoms with Crippen LogP contribution in [-0.2, 0) is 6.54 Å². The van der Waals surface area contributed by atoms with Gasteiger partial charge in [0, 0.05) is 31.9 Å². The standard InChI is InChI=1S/C15H25N3/c1-6-18(11-12(2)3)15-9-14(7-8-16-15)10-17-13(4)5/h7-9,13,17H,2,6,10-11H2,1,3-5H3. The molecular weight excluding hydrogens is 222 g/mol. The van der Waals surface area contributed by atoms with E-state index in [1.54, 1.807) is 0 Å². The van der Waals surface area contributed by atoms with Crippen molar-refractivity contribution in [1.29, 1.82) is 0 Å². The number of nitrogens with one attached hydrogen (secondary N) is 1. The smallest absolute Gasteiger partial charge is 0.129 e. The highest BCUT2D eigenvalue weighted by atomic mass is 15.2. The summed E-state index contributed by atoms with van der Waals surface area (Å²) in [5.41, 5.74) is 2.43. The van der Waals surface area contributed by atoms with Crippen molar-refractivity contribution in [2.45, 2.75) is 40.3 Å². The number of rotatable bonds is 7. The first-order chi connectivity index (χ1) is 8.52. The van der Waals surface area contributed by atoms with E-state index in [1.165, 1.54) is 5.56 Å². The third-order valence-electron chi connectivity index (χ3n) is 2.69. The molecule has 100 valence electrons. The lowest BCUT2D eigenvalue weighted by Gasteiger charge is -2.22. The number of aromatic nitrogens is 1. The summed E-state index contributed by atoms with van der Waals surface area (Å²) in [5.74, 6) is 1.03. The van der Waals surface area contributed by atoms with Crippen LogP contribution in [0.15, 0.2) is 30.5 Å². The molecule has 18 heavy (non-hydrogen) atoms. The van der Waals surface area contributed by atoms with E-state index in [1.807, 2.05) is 13.1 Å². The number of anilines is 1. The Labute approximate surface area is 111 Å². The normalized spacial score (nSPS) is 10.7. The molecule has 0 spiro atoms. The van der Waals surface area contributed by atoms with Gasteiger partial charge in [-0.15, -0.1) is 0 Å².